The van der Waals surface area contributed by atoms with E-state index in [9.17, 15) is 18.0 Å². The molecule has 1 saturated heterocycles. The molecule has 9 heteroatoms. The van der Waals surface area contributed by atoms with Crippen molar-refractivity contribution < 1.29 is 18.0 Å². The number of carbonyl (C=O) groups is 1. The number of aromatic nitrogens is 2. The van der Waals surface area contributed by atoms with Crippen molar-refractivity contribution >= 4 is 11.6 Å². The smallest absolute Gasteiger partial charge is 0.380 e. The van der Waals surface area contributed by atoms with Gasteiger partial charge in [0, 0.05) is 29.5 Å². The molecule has 2 aromatic rings. The fraction of sp³-hybridized carbons (Fsp3) is 0.520. The molecule has 0 radical (unpaired) electrons. The minimum Gasteiger partial charge on any atom is -0.380 e. The van der Waals surface area contributed by atoms with E-state index >= 15 is 0 Å². The van der Waals surface area contributed by atoms with Crippen LogP contribution in [0.2, 0.25) is 0 Å². The number of piperidine rings is 1. The zero-order valence-corrected chi connectivity index (χ0v) is 19.5. The second kappa shape index (κ2) is 8.99. The van der Waals surface area contributed by atoms with Gasteiger partial charge < -0.3 is 11.1 Å². The van der Waals surface area contributed by atoms with Crippen LogP contribution in [0.1, 0.15) is 60.4 Å². The average molecular weight is 474 g/mol. The lowest BCUT2D eigenvalue weighted by Gasteiger charge is -2.33. The molecule has 1 atom stereocenters. The van der Waals surface area contributed by atoms with E-state index in [4.69, 9.17) is 12.2 Å². The van der Waals surface area contributed by atoms with Crippen LogP contribution in [-0.4, -0.2) is 46.3 Å². The van der Waals surface area contributed by atoms with E-state index in [1.165, 1.54) is 4.68 Å². The molecule has 0 saturated carbocycles. The maximum Gasteiger partial charge on any atom is 0.435 e. The number of anilines is 1. The lowest BCUT2D eigenvalue weighted by atomic mass is 9.76. The van der Waals surface area contributed by atoms with Crippen molar-refractivity contribution in [1.82, 2.24) is 14.7 Å². The number of alkyl halides is 3. The van der Waals surface area contributed by atoms with Gasteiger partial charge in [0.25, 0.3) is 5.91 Å². The molecule has 1 aromatic heterocycles. The van der Waals surface area contributed by atoms with Gasteiger partial charge in [0.2, 0.25) is 0 Å². The van der Waals surface area contributed by atoms with E-state index in [1.54, 1.807) is 18.2 Å². The van der Waals surface area contributed by atoms with Crippen LogP contribution in [0.25, 0.3) is 5.69 Å². The highest BCUT2D eigenvalue weighted by Gasteiger charge is 2.42. The number of fused-ring (bicyclic) bond motifs is 1. The Hall–Kier alpha value is -2.99. The maximum absolute atomic E-state index is 13.8. The number of amides is 1. The van der Waals surface area contributed by atoms with E-state index in [-0.39, 0.29) is 22.6 Å². The Kier molecular flexibility index (Phi) is 6.38. The van der Waals surface area contributed by atoms with Gasteiger partial charge >= 0.3 is 6.18 Å². The van der Waals surface area contributed by atoms with Gasteiger partial charge in [-0.3, -0.25) is 9.69 Å². The second-order valence-corrected chi connectivity index (χ2v) is 10.0. The van der Waals surface area contributed by atoms with E-state index in [1.807, 2.05) is 0 Å². The summed E-state index contributed by atoms with van der Waals surface area (Å²) in [6, 6.07) is 4.87. The summed E-state index contributed by atoms with van der Waals surface area (Å²) in [5, 5.41) is 7.40. The standard InChI is InChI=1S/C25H30F3N5O/c1-4-11-32-12-5-6-16(15-32)30-20-13-17(7-8-18(20)23(29)34)33-21-14-24(2,3)10-9-19(21)22(31-33)25(26,27)28/h1,7-8,13,16,30H,5-6,9-12,14-15H2,2-3H3,(H2,29,34)/t16-/m1/s1. The van der Waals surface area contributed by atoms with E-state index in [0.29, 0.717) is 49.4 Å². The highest BCUT2D eigenvalue weighted by molar-refractivity contribution is 5.99. The number of hydrogen-bond acceptors (Lipinski definition) is 4. The van der Waals surface area contributed by atoms with Gasteiger partial charge in [-0.15, -0.1) is 6.42 Å². The van der Waals surface area contributed by atoms with Gasteiger partial charge in [-0.2, -0.15) is 18.3 Å². The fourth-order valence-electron chi connectivity index (χ4n) is 5.04. The molecule has 182 valence electrons. The number of halogens is 3. The Morgan fingerprint density at radius 2 is 2.15 bits per heavy atom. The van der Waals surface area contributed by atoms with Crippen LogP contribution in [0, 0.1) is 17.8 Å². The molecule has 2 heterocycles. The Bertz CT molecular complexity index is 1130. The number of likely N-dealkylation sites (tertiary alicyclic amines) is 1. The van der Waals surface area contributed by atoms with Gasteiger partial charge in [-0.1, -0.05) is 19.8 Å². The van der Waals surface area contributed by atoms with Crippen LogP contribution in [0.15, 0.2) is 18.2 Å². The summed E-state index contributed by atoms with van der Waals surface area (Å²) >= 11 is 0. The molecule has 2 aliphatic rings. The SMILES string of the molecule is C#CCN1CCC[C@@H](Nc2cc(-n3nc(C(F)(F)F)c4c3CC(C)(C)CC4)ccc2C(N)=O)C1. The summed E-state index contributed by atoms with van der Waals surface area (Å²) in [6.07, 6.45) is 4.22. The first-order valence-electron chi connectivity index (χ1n) is 11.5. The Morgan fingerprint density at radius 1 is 1.38 bits per heavy atom. The fourth-order valence-corrected chi connectivity index (χ4v) is 5.04. The first-order valence-corrected chi connectivity index (χ1v) is 11.5. The predicted molar refractivity (Wildman–Crippen MR) is 125 cm³/mol. The zero-order valence-electron chi connectivity index (χ0n) is 19.5. The number of terminal acetylenes is 1. The number of nitrogens with two attached hydrogens (primary N) is 1. The first-order chi connectivity index (χ1) is 16.0. The third-order valence-corrected chi connectivity index (χ3v) is 6.75. The largest absolute Gasteiger partial charge is 0.435 e. The normalized spacial score (nSPS) is 20.4. The van der Waals surface area contributed by atoms with E-state index in [0.717, 1.165) is 19.4 Å². The van der Waals surface area contributed by atoms with Crippen LogP contribution < -0.4 is 11.1 Å². The van der Waals surface area contributed by atoms with Crippen molar-refractivity contribution in [3.8, 4) is 18.0 Å². The van der Waals surface area contributed by atoms with E-state index in [2.05, 4.69) is 35.1 Å². The lowest BCUT2D eigenvalue weighted by molar-refractivity contribution is -0.142. The van der Waals surface area contributed by atoms with Gasteiger partial charge in [-0.25, -0.2) is 4.68 Å². The first kappa shape index (κ1) is 24.1. The van der Waals surface area contributed by atoms with Crippen molar-refractivity contribution in [3.63, 3.8) is 0 Å². The summed E-state index contributed by atoms with van der Waals surface area (Å²) in [6.45, 7) is 6.25. The molecule has 1 aromatic carbocycles. The van der Waals surface area contributed by atoms with Gasteiger partial charge in [0.05, 0.1) is 17.8 Å². The van der Waals surface area contributed by atoms with Crippen LogP contribution in [-0.2, 0) is 19.0 Å². The number of rotatable bonds is 5. The third kappa shape index (κ3) is 4.92. The van der Waals surface area contributed by atoms with Crippen molar-refractivity contribution in [2.45, 2.75) is 58.2 Å². The summed E-state index contributed by atoms with van der Waals surface area (Å²) in [4.78, 5) is 14.3. The number of nitrogens with one attached hydrogen (secondary N) is 1. The number of nitrogens with zero attached hydrogens (tertiary/aromatic N) is 3. The summed E-state index contributed by atoms with van der Waals surface area (Å²) in [5.41, 5.74) is 6.71. The van der Waals surface area contributed by atoms with Crippen molar-refractivity contribution in [1.29, 1.82) is 0 Å². The molecule has 3 N–H and O–H groups in total. The average Bonchev–Trinajstić information content (AvgIpc) is 3.12. The molecule has 1 aliphatic heterocycles. The minimum atomic E-state index is -4.53. The van der Waals surface area contributed by atoms with Crippen molar-refractivity contribution in [2.24, 2.45) is 11.1 Å². The van der Waals surface area contributed by atoms with Crippen molar-refractivity contribution in [3.05, 3.63) is 40.7 Å². The quantitative estimate of drug-likeness (QED) is 0.644. The molecular weight excluding hydrogens is 443 g/mol. The zero-order chi connectivity index (χ0) is 24.7. The van der Waals surface area contributed by atoms with E-state index < -0.39 is 17.8 Å². The summed E-state index contributed by atoms with van der Waals surface area (Å²) in [5.74, 6) is 2.05. The number of carbonyl (C=O) groups excluding carboxylic acids is 1. The maximum atomic E-state index is 13.8. The molecule has 1 amide bonds. The van der Waals surface area contributed by atoms with Gasteiger partial charge in [-0.05, 0) is 62.3 Å². The minimum absolute atomic E-state index is 0.0339. The summed E-state index contributed by atoms with van der Waals surface area (Å²) in [7, 11) is 0. The number of hydrogen-bond donors (Lipinski definition) is 2. The Labute approximate surface area is 197 Å². The number of primary amides is 1. The van der Waals surface area contributed by atoms with Gasteiger partial charge in [0.15, 0.2) is 5.69 Å². The molecule has 1 aliphatic carbocycles. The summed E-state index contributed by atoms with van der Waals surface area (Å²) < 4.78 is 42.8. The van der Waals surface area contributed by atoms with Crippen LogP contribution in [0.5, 0.6) is 0 Å². The Balaban J connectivity index is 1.74. The second-order valence-electron chi connectivity index (χ2n) is 10.0. The molecule has 34 heavy (non-hydrogen) atoms. The topological polar surface area (TPSA) is 76.2 Å². The van der Waals surface area contributed by atoms with Crippen molar-refractivity contribution in [2.75, 3.05) is 25.0 Å². The molecule has 1 fully saturated rings. The molecule has 0 bridgehead atoms. The third-order valence-electron chi connectivity index (χ3n) is 6.75. The molecular formula is C25H30F3N5O. The lowest BCUT2D eigenvalue weighted by Crippen LogP contribution is -2.42. The van der Waals surface area contributed by atoms with Gasteiger partial charge in [0.1, 0.15) is 0 Å². The molecule has 6 nitrogen and oxygen atoms in total. The molecule has 0 unspecified atom stereocenters. The van der Waals surface area contributed by atoms with Crippen LogP contribution in [0.3, 0.4) is 0 Å². The highest BCUT2D eigenvalue weighted by Crippen LogP contribution is 2.42. The highest BCUT2D eigenvalue weighted by atomic mass is 19.4. The monoisotopic (exact) mass is 473 g/mol. The predicted octanol–water partition coefficient (Wildman–Crippen LogP) is 4.01. The molecule has 0 spiro atoms. The molecule has 4 rings (SSSR count). The number of benzene rings is 1. The Morgan fingerprint density at radius 3 is 2.82 bits per heavy atom. The van der Waals surface area contributed by atoms with Crippen LogP contribution >= 0.6 is 0 Å². The van der Waals surface area contributed by atoms with Crippen LogP contribution in [0.4, 0.5) is 18.9 Å².